The molecule has 0 aliphatic rings. The SMILES string of the molecule is CC(C)c1ccc(NC(=O)Cl)c(F)c1. The largest absolute Gasteiger partial charge is 0.318 e. The van der Waals surface area contributed by atoms with E-state index >= 15 is 0 Å². The van der Waals surface area contributed by atoms with Crippen molar-refractivity contribution in [2.45, 2.75) is 19.8 Å². The lowest BCUT2D eigenvalue weighted by Gasteiger charge is -2.08. The van der Waals surface area contributed by atoms with E-state index < -0.39 is 11.2 Å². The molecule has 1 N–H and O–H groups in total. The number of rotatable bonds is 2. The van der Waals surface area contributed by atoms with Gasteiger partial charge in [0, 0.05) is 0 Å². The average molecular weight is 216 g/mol. The Bertz CT molecular complexity index is 352. The van der Waals surface area contributed by atoms with Gasteiger partial charge in [-0.1, -0.05) is 19.9 Å². The highest BCUT2D eigenvalue weighted by Gasteiger charge is 2.07. The van der Waals surface area contributed by atoms with Gasteiger partial charge in [-0.15, -0.1) is 0 Å². The van der Waals surface area contributed by atoms with Gasteiger partial charge in [-0.2, -0.15) is 0 Å². The van der Waals surface area contributed by atoms with Gasteiger partial charge < -0.3 is 5.32 Å². The van der Waals surface area contributed by atoms with Gasteiger partial charge in [-0.05, 0) is 35.2 Å². The van der Waals surface area contributed by atoms with Gasteiger partial charge in [0.05, 0.1) is 5.69 Å². The molecule has 0 saturated heterocycles. The lowest BCUT2D eigenvalue weighted by atomic mass is 10.0. The van der Waals surface area contributed by atoms with Crippen molar-refractivity contribution in [2.24, 2.45) is 0 Å². The van der Waals surface area contributed by atoms with Gasteiger partial charge >= 0.3 is 5.37 Å². The molecule has 0 saturated carbocycles. The van der Waals surface area contributed by atoms with E-state index in [-0.39, 0.29) is 11.6 Å². The van der Waals surface area contributed by atoms with Crippen molar-refractivity contribution in [2.75, 3.05) is 5.32 Å². The Labute approximate surface area is 87.1 Å². The minimum Gasteiger partial charge on any atom is -0.310 e. The molecule has 0 spiro atoms. The second kappa shape index (κ2) is 4.42. The smallest absolute Gasteiger partial charge is 0.310 e. The fourth-order valence-electron chi connectivity index (χ4n) is 1.10. The third kappa shape index (κ3) is 2.70. The first-order valence-corrected chi connectivity index (χ1v) is 4.64. The van der Waals surface area contributed by atoms with Crippen LogP contribution in [-0.4, -0.2) is 5.37 Å². The Morgan fingerprint density at radius 3 is 2.57 bits per heavy atom. The van der Waals surface area contributed by atoms with E-state index in [1.807, 2.05) is 13.8 Å². The first-order valence-electron chi connectivity index (χ1n) is 4.26. The summed E-state index contributed by atoms with van der Waals surface area (Å²) in [6.45, 7) is 3.93. The normalized spacial score (nSPS) is 10.4. The third-order valence-electron chi connectivity index (χ3n) is 1.89. The summed E-state index contributed by atoms with van der Waals surface area (Å²) in [6.07, 6.45) is 0. The molecule has 76 valence electrons. The summed E-state index contributed by atoms with van der Waals surface area (Å²) in [6, 6.07) is 4.66. The van der Waals surface area contributed by atoms with Crippen LogP contribution in [0.3, 0.4) is 0 Å². The summed E-state index contributed by atoms with van der Waals surface area (Å²) >= 11 is 5.07. The van der Waals surface area contributed by atoms with E-state index in [4.69, 9.17) is 11.6 Å². The van der Waals surface area contributed by atoms with Crippen LogP contribution in [-0.2, 0) is 0 Å². The molecule has 0 atom stereocenters. The first-order chi connectivity index (χ1) is 6.50. The van der Waals surface area contributed by atoms with E-state index in [0.717, 1.165) is 5.56 Å². The van der Waals surface area contributed by atoms with Crippen LogP contribution in [0, 0.1) is 5.82 Å². The molecular weight excluding hydrogens is 205 g/mol. The van der Waals surface area contributed by atoms with Crippen molar-refractivity contribution in [3.63, 3.8) is 0 Å². The number of amides is 1. The summed E-state index contributed by atoms with van der Waals surface area (Å²) in [4.78, 5) is 10.5. The lowest BCUT2D eigenvalue weighted by molar-refractivity contribution is 0.269. The molecule has 0 radical (unpaired) electrons. The number of anilines is 1. The van der Waals surface area contributed by atoms with E-state index in [9.17, 15) is 9.18 Å². The molecular formula is C10H11ClFNO. The molecule has 4 heteroatoms. The monoisotopic (exact) mass is 215 g/mol. The molecule has 0 bridgehead atoms. The van der Waals surface area contributed by atoms with Crippen LogP contribution in [0.4, 0.5) is 14.9 Å². The molecule has 14 heavy (non-hydrogen) atoms. The predicted octanol–water partition coefficient (Wildman–Crippen LogP) is 3.72. The predicted molar refractivity (Wildman–Crippen MR) is 55.4 cm³/mol. The maximum atomic E-state index is 13.3. The van der Waals surface area contributed by atoms with Crippen molar-refractivity contribution in [1.29, 1.82) is 0 Å². The Balaban J connectivity index is 2.95. The number of hydrogen-bond acceptors (Lipinski definition) is 1. The van der Waals surface area contributed by atoms with Crippen LogP contribution >= 0.6 is 11.6 Å². The van der Waals surface area contributed by atoms with Gasteiger partial charge in [0.2, 0.25) is 0 Å². The van der Waals surface area contributed by atoms with Crippen LogP contribution in [0.15, 0.2) is 18.2 Å². The zero-order valence-corrected chi connectivity index (χ0v) is 8.73. The first kappa shape index (κ1) is 11.0. The van der Waals surface area contributed by atoms with E-state index in [0.29, 0.717) is 0 Å². The van der Waals surface area contributed by atoms with Crippen molar-refractivity contribution in [1.82, 2.24) is 0 Å². The molecule has 1 aromatic carbocycles. The molecule has 0 aromatic heterocycles. The van der Waals surface area contributed by atoms with Crippen LogP contribution in [0.5, 0.6) is 0 Å². The number of benzene rings is 1. The Hall–Kier alpha value is -1.09. The number of nitrogens with one attached hydrogen (secondary N) is 1. The number of carbonyl (C=O) groups excluding carboxylic acids is 1. The molecule has 1 amide bonds. The van der Waals surface area contributed by atoms with E-state index in [1.165, 1.54) is 12.1 Å². The van der Waals surface area contributed by atoms with Gasteiger partial charge in [-0.25, -0.2) is 4.39 Å². The second-order valence-corrected chi connectivity index (χ2v) is 3.64. The summed E-state index contributed by atoms with van der Waals surface area (Å²) in [5.41, 5.74) is 0.990. The summed E-state index contributed by atoms with van der Waals surface area (Å²) in [7, 11) is 0. The fourth-order valence-corrected chi connectivity index (χ4v) is 1.20. The Morgan fingerprint density at radius 2 is 2.14 bits per heavy atom. The molecule has 0 unspecified atom stereocenters. The van der Waals surface area contributed by atoms with Crippen LogP contribution in [0.2, 0.25) is 0 Å². The molecule has 0 heterocycles. The molecule has 0 fully saturated rings. The zero-order valence-electron chi connectivity index (χ0n) is 7.97. The third-order valence-corrected chi connectivity index (χ3v) is 1.99. The molecule has 0 aliphatic carbocycles. The molecule has 2 nitrogen and oxygen atoms in total. The highest BCUT2D eigenvalue weighted by atomic mass is 35.5. The lowest BCUT2D eigenvalue weighted by Crippen LogP contribution is -2.03. The standard InChI is InChI=1S/C10H11ClFNO/c1-6(2)7-3-4-9(8(12)5-7)13-10(11)14/h3-6H,1-2H3,(H,13,14). The second-order valence-electron chi connectivity index (χ2n) is 3.29. The quantitative estimate of drug-likeness (QED) is 0.591. The van der Waals surface area contributed by atoms with Crippen LogP contribution in [0.1, 0.15) is 25.3 Å². The topological polar surface area (TPSA) is 29.1 Å². The van der Waals surface area contributed by atoms with Crippen LogP contribution in [0.25, 0.3) is 0 Å². The molecule has 1 rings (SSSR count). The zero-order chi connectivity index (χ0) is 10.7. The van der Waals surface area contributed by atoms with E-state index in [2.05, 4.69) is 5.32 Å². The maximum Gasteiger partial charge on any atom is 0.318 e. The van der Waals surface area contributed by atoms with Gasteiger partial charge in [0.1, 0.15) is 5.82 Å². The van der Waals surface area contributed by atoms with Gasteiger partial charge in [0.25, 0.3) is 0 Å². The number of halogens is 2. The summed E-state index contributed by atoms with van der Waals surface area (Å²) in [5.74, 6) is -0.213. The van der Waals surface area contributed by atoms with Crippen molar-refractivity contribution in [3.8, 4) is 0 Å². The number of hydrogen-bond donors (Lipinski definition) is 1. The Morgan fingerprint density at radius 1 is 1.50 bits per heavy atom. The summed E-state index contributed by atoms with van der Waals surface area (Å²) in [5, 5.41) is 1.40. The van der Waals surface area contributed by atoms with Gasteiger partial charge in [-0.3, -0.25) is 4.79 Å². The minimum atomic E-state index is -0.791. The van der Waals surface area contributed by atoms with E-state index in [1.54, 1.807) is 6.07 Å². The van der Waals surface area contributed by atoms with Crippen molar-refractivity contribution in [3.05, 3.63) is 29.6 Å². The fraction of sp³-hybridized carbons (Fsp3) is 0.300. The number of carbonyl (C=O) groups is 1. The van der Waals surface area contributed by atoms with Crippen molar-refractivity contribution < 1.29 is 9.18 Å². The molecule has 1 aromatic rings. The highest BCUT2D eigenvalue weighted by Crippen LogP contribution is 2.21. The molecule has 0 aliphatic heterocycles. The average Bonchev–Trinajstić information content (AvgIpc) is 2.07. The van der Waals surface area contributed by atoms with Gasteiger partial charge in [0.15, 0.2) is 0 Å². The van der Waals surface area contributed by atoms with Crippen molar-refractivity contribution >= 4 is 22.7 Å². The highest BCUT2D eigenvalue weighted by molar-refractivity contribution is 6.65. The maximum absolute atomic E-state index is 13.3. The summed E-state index contributed by atoms with van der Waals surface area (Å²) < 4.78 is 13.3. The minimum absolute atomic E-state index is 0.106. The van der Waals surface area contributed by atoms with Crippen LogP contribution < -0.4 is 5.32 Å². The Kier molecular flexibility index (Phi) is 3.47.